The standard InChI is InChI=1S/C11H13N3O2/c1-7(10(15)16-2)12-11-13-8-5-3-4-6-9(8)14-11/h3-7H,1-2H3,(H2,12,13,14). The number of rotatable bonds is 3. The van der Waals surface area contributed by atoms with Crippen LogP contribution in [0.4, 0.5) is 5.95 Å². The minimum atomic E-state index is -0.425. The maximum atomic E-state index is 11.2. The second-order valence-electron chi connectivity index (χ2n) is 3.49. The molecule has 0 aliphatic carbocycles. The van der Waals surface area contributed by atoms with Gasteiger partial charge in [-0.1, -0.05) is 12.1 Å². The third-order valence-corrected chi connectivity index (χ3v) is 2.30. The molecule has 5 nitrogen and oxygen atoms in total. The summed E-state index contributed by atoms with van der Waals surface area (Å²) in [6.45, 7) is 1.72. The first-order chi connectivity index (χ1) is 7.70. The Morgan fingerprint density at radius 2 is 2.25 bits per heavy atom. The summed E-state index contributed by atoms with van der Waals surface area (Å²) >= 11 is 0. The smallest absolute Gasteiger partial charge is 0.328 e. The lowest BCUT2D eigenvalue weighted by molar-refractivity contribution is -0.141. The van der Waals surface area contributed by atoms with E-state index in [-0.39, 0.29) is 5.97 Å². The second-order valence-corrected chi connectivity index (χ2v) is 3.49. The molecule has 0 bridgehead atoms. The normalized spacial score (nSPS) is 12.4. The Morgan fingerprint density at radius 1 is 1.50 bits per heavy atom. The lowest BCUT2D eigenvalue weighted by atomic mass is 10.3. The molecule has 0 saturated carbocycles. The van der Waals surface area contributed by atoms with Gasteiger partial charge in [-0.05, 0) is 19.1 Å². The van der Waals surface area contributed by atoms with Crippen molar-refractivity contribution >= 4 is 23.0 Å². The van der Waals surface area contributed by atoms with Crippen LogP contribution in [0, 0.1) is 0 Å². The van der Waals surface area contributed by atoms with Crippen molar-refractivity contribution in [3.8, 4) is 0 Å². The van der Waals surface area contributed by atoms with Crippen molar-refractivity contribution in [1.29, 1.82) is 0 Å². The molecule has 1 heterocycles. The summed E-state index contributed by atoms with van der Waals surface area (Å²) in [6.07, 6.45) is 0. The number of imidazole rings is 1. The molecule has 1 unspecified atom stereocenters. The largest absolute Gasteiger partial charge is 0.467 e. The van der Waals surface area contributed by atoms with E-state index >= 15 is 0 Å². The fourth-order valence-corrected chi connectivity index (χ4v) is 1.46. The first-order valence-electron chi connectivity index (χ1n) is 5.00. The van der Waals surface area contributed by atoms with Crippen LogP contribution in [0.25, 0.3) is 11.0 Å². The maximum absolute atomic E-state index is 11.2. The Morgan fingerprint density at radius 3 is 2.94 bits per heavy atom. The highest BCUT2D eigenvalue weighted by molar-refractivity contribution is 5.80. The lowest BCUT2D eigenvalue weighted by Gasteiger charge is -2.09. The number of aromatic nitrogens is 2. The molecule has 1 aromatic carbocycles. The number of hydrogen-bond donors (Lipinski definition) is 2. The molecule has 5 heteroatoms. The van der Waals surface area contributed by atoms with Gasteiger partial charge < -0.3 is 15.0 Å². The quantitative estimate of drug-likeness (QED) is 0.768. The van der Waals surface area contributed by atoms with Crippen LogP contribution in [0.3, 0.4) is 0 Å². The molecule has 0 aliphatic rings. The number of benzene rings is 1. The van der Waals surface area contributed by atoms with Crippen molar-refractivity contribution in [1.82, 2.24) is 9.97 Å². The number of nitrogens with zero attached hydrogens (tertiary/aromatic N) is 1. The number of methoxy groups -OCH3 is 1. The Balaban J connectivity index is 2.18. The molecule has 2 N–H and O–H groups in total. The van der Waals surface area contributed by atoms with Crippen molar-refractivity contribution in [2.45, 2.75) is 13.0 Å². The van der Waals surface area contributed by atoms with E-state index < -0.39 is 6.04 Å². The van der Waals surface area contributed by atoms with Gasteiger partial charge in [0, 0.05) is 0 Å². The van der Waals surface area contributed by atoms with E-state index in [0.29, 0.717) is 5.95 Å². The van der Waals surface area contributed by atoms with Gasteiger partial charge in [-0.2, -0.15) is 0 Å². The Hall–Kier alpha value is -2.04. The van der Waals surface area contributed by atoms with Crippen LogP contribution in [0.2, 0.25) is 0 Å². The first-order valence-corrected chi connectivity index (χ1v) is 5.00. The van der Waals surface area contributed by atoms with Crippen molar-refractivity contribution in [3.05, 3.63) is 24.3 Å². The molecule has 1 atom stereocenters. The number of fused-ring (bicyclic) bond motifs is 1. The number of aromatic amines is 1. The summed E-state index contributed by atoms with van der Waals surface area (Å²) in [5.41, 5.74) is 1.80. The fourth-order valence-electron chi connectivity index (χ4n) is 1.46. The van der Waals surface area contributed by atoms with Crippen LogP contribution in [0.15, 0.2) is 24.3 Å². The van der Waals surface area contributed by atoms with Gasteiger partial charge in [0.25, 0.3) is 0 Å². The van der Waals surface area contributed by atoms with Crippen LogP contribution < -0.4 is 5.32 Å². The molecule has 16 heavy (non-hydrogen) atoms. The van der Waals surface area contributed by atoms with Gasteiger partial charge in [-0.25, -0.2) is 9.78 Å². The van der Waals surface area contributed by atoms with Crippen molar-refractivity contribution in [2.24, 2.45) is 0 Å². The topological polar surface area (TPSA) is 67.0 Å². The lowest BCUT2D eigenvalue weighted by Crippen LogP contribution is -2.27. The third kappa shape index (κ3) is 1.98. The number of H-pyrrole nitrogens is 1. The summed E-state index contributed by atoms with van der Waals surface area (Å²) < 4.78 is 4.62. The maximum Gasteiger partial charge on any atom is 0.328 e. The molecule has 0 spiro atoms. The number of para-hydroxylation sites is 2. The predicted octanol–water partition coefficient (Wildman–Crippen LogP) is 1.54. The average Bonchev–Trinajstić information content (AvgIpc) is 2.69. The molecule has 2 aromatic rings. The van der Waals surface area contributed by atoms with Gasteiger partial charge in [0.1, 0.15) is 6.04 Å². The molecule has 1 aromatic heterocycles. The predicted molar refractivity (Wildman–Crippen MR) is 61.2 cm³/mol. The fraction of sp³-hybridized carbons (Fsp3) is 0.273. The van der Waals surface area contributed by atoms with Crippen molar-refractivity contribution < 1.29 is 9.53 Å². The highest BCUT2D eigenvalue weighted by atomic mass is 16.5. The number of carbonyl (C=O) groups is 1. The minimum Gasteiger partial charge on any atom is -0.467 e. The summed E-state index contributed by atoms with van der Waals surface area (Å²) in [6, 6.07) is 7.24. The van der Waals surface area contributed by atoms with Gasteiger partial charge in [-0.15, -0.1) is 0 Å². The molecule has 0 saturated heterocycles. The van der Waals surface area contributed by atoms with Crippen LogP contribution in [0.1, 0.15) is 6.92 Å². The second kappa shape index (κ2) is 4.22. The number of esters is 1. The number of ether oxygens (including phenoxy) is 1. The number of hydrogen-bond acceptors (Lipinski definition) is 4. The number of anilines is 1. The van der Waals surface area contributed by atoms with E-state index in [0.717, 1.165) is 11.0 Å². The molecule has 0 fully saturated rings. The van der Waals surface area contributed by atoms with Crippen LogP contribution in [0.5, 0.6) is 0 Å². The third-order valence-electron chi connectivity index (χ3n) is 2.30. The van der Waals surface area contributed by atoms with Crippen molar-refractivity contribution in [2.75, 3.05) is 12.4 Å². The molecule has 2 rings (SSSR count). The molecular weight excluding hydrogens is 206 g/mol. The minimum absolute atomic E-state index is 0.319. The Kier molecular flexibility index (Phi) is 2.76. The van der Waals surface area contributed by atoms with Crippen LogP contribution in [-0.2, 0) is 9.53 Å². The summed E-state index contributed by atoms with van der Waals surface area (Å²) in [5, 5.41) is 2.94. The number of nitrogens with one attached hydrogen (secondary N) is 2. The summed E-state index contributed by atoms with van der Waals surface area (Å²) in [7, 11) is 1.36. The van der Waals surface area contributed by atoms with Gasteiger partial charge in [0.15, 0.2) is 0 Å². The van der Waals surface area contributed by atoms with E-state index in [1.165, 1.54) is 7.11 Å². The van der Waals surface area contributed by atoms with Crippen LogP contribution in [-0.4, -0.2) is 29.1 Å². The monoisotopic (exact) mass is 219 g/mol. The summed E-state index contributed by atoms with van der Waals surface area (Å²) in [5.74, 6) is 0.250. The zero-order valence-electron chi connectivity index (χ0n) is 9.15. The number of carbonyl (C=O) groups excluding carboxylic acids is 1. The van der Waals surface area contributed by atoms with E-state index in [9.17, 15) is 4.79 Å². The molecular formula is C11H13N3O2. The average molecular weight is 219 g/mol. The Labute approximate surface area is 92.8 Å². The zero-order valence-corrected chi connectivity index (χ0v) is 9.15. The first kappa shape index (κ1) is 10.5. The molecule has 0 aliphatic heterocycles. The van der Waals surface area contributed by atoms with Gasteiger partial charge in [-0.3, -0.25) is 0 Å². The van der Waals surface area contributed by atoms with E-state index in [1.54, 1.807) is 6.92 Å². The SMILES string of the molecule is COC(=O)C(C)Nc1nc2ccccc2[nH]1. The molecule has 84 valence electrons. The van der Waals surface area contributed by atoms with E-state index in [1.807, 2.05) is 24.3 Å². The van der Waals surface area contributed by atoms with Gasteiger partial charge in [0.05, 0.1) is 18.1 Å². The van der Waals surface area contributed by atoms with Gasteiger partial charge in [0.2, 0.25) is 5.95 Å². The Bertz CT molecular complexity index is 474. The van der Waals surface area contributed by atoms with Gasteiger partial charge >= 0.3 is 5.97 Å². The van der Waals surface area contributed by atoms with Crippen molar-refractivity contribution in [3.63, 3.8) is 0 Å². The zero-order chi connectivity index (χ0) is 11.5. The van der Waals surface area contributed by atoms with E-state index in [4.69, 9.17) is 0 Å². The molecule has 0 amide bonds. The summed E-state index contributed by atoms with van der Waals surface area (Å²) in [4.78, 5) is 18.6. The van der Waals surface area contributed by atoms with E-state index in [2.05, 4.69) is 20.0 Å². The molecule has 0 radical (unpaired) electrons. The van der Waals surface area contributed by atoms with Crippen LogP contribution >= 0.6 is 0 Å². The highest BCUT2D eigenvalue weighted by Crippen LogP contribution is 2.13. The highest BCUT2D eigenvalue weighted by Gasteiger charge is 2.14.